The molecule has 14 nitrogen and oxygen atoms in total. The van der Waals surface area contributed by atoms with Gasteiger partial charge in [-0.2, -0.15) is 15.3 Å². The first-order valence-corrected chi connectivity index (χ1v) is 15.4. The summed E-state index contributed by atoms with van der Waals surface area (Å²) in [6.45, 7) is 3.08. The number of aromatic nitrogens is 7. The molecule has 1 aliphatic heterocycles. The average Bonchev–Trinajstić information content (AvgIpc) is 3.57. The quantitative estimate of drug-likeness (QED) is 0.173. The minimum absolute atomic E-state index is 0.133. The first-order chi connectivity index (χ1) is 23.5. The van der Waals surface area contributed by atoms with Gasteiger partial charge in [-0.05, 0) is 49.9 Å². The van der Waals surface area contributed by atoms with Gasteiger partial charge in [0.25, 0.3) is 0 Å². The fraction of sp³-hybridized carbons (Fsp3) is 0.265. The molecule has 0 radical (unpaired) electrons. The van der Waals surface area contributed by atoms with Gasteiger partial charge in [-0.15, -0.1) is 0 Å². The van der Waals surface area contributed by atoms with Crippen molar-refractivity contribution in [1.82, 2.24) is 34.7 Å². The van der Waals surface area contributed by atoms with Crippen molar-refractivity contribution in [3.05, 3.63) is 78.1 Å². The summed E-state index contributed by atoms with van der Waals surface area (Å²) in [5, 5.41) is 21.8. The van der Waals surface area contributed by atoms with Crippen molar-refractivity contribution in [3.8, 4) is 29.2 Å². The highest BCUT2D eigenvalue weighted by atomic mass is 16.5. The zero-order chi connectivity index (χ0) is 33.0. The van der Waals surface area contributed by atoms with Crippen LogP contribution in [-0.4, -0.2) is 55.5 Å². The molecule has 0 amide bonds. The lowest BCUT2D eigenvalue weighted by atomic mass is 10.1. The third kappa shape index (κ3) is 6.06. The summed E-state index contributed by atoms with van der Waals surface area (Å²) in [6, 6.07) is 13.4. The van der Waals surface area contributed by atoms with Crippen molar-refractivity contribution in [2.24, 2.45) is 0 Å². The van der Waals surface area contributed by atoms with E-state index in [1.54, 1.807) is 26.5 Å². The van der Waals surface area contributed by atoms with Crippen molar-refractivity contribution < 1.29 is 18.9 Å². The van der Waals surface area contributed by atoms with E-state index in [1.165, 1.54) is 18.7 Å². The van der Waals surface area contributed by atoms with Crippen LogP contribution < -0.4 is 24.8 Å². The lowest BCUT2D eigenvalue weighted by Gasteiger charge is -2.23. The van der Waals surface area contributed by atoms with E-state index in [0.717, 1.165) is 41.3 Å². The maximum atomic E-state index is 9.13. The van der Waals surface area contributed by atoms with Crippen LogP contribution >= 0.6 is 0 Å². The number of nitriles is 1. The van der Waals surface area contributed by atoms with Crippen LogP contribution in [0.3, 0.4) is 0 Å². The predicted molar refractivity (Wildman–Crippen MR) is 178 cm³/mol. The Kier molecular flexibility index (Phi) is 8.50. The molecule has 0 spiro atoms. The van der Waals surface area contributed by atoms with Gasteiger partial charge in [0.15, 0.2) is 11.9 Å². The van der Waals surface area contributed by atoms with Crippen LogP contribution in [0.25, 0.3) is 21.8 Å². The minimum atomic E-state index is -0.133. The Balaban J connectivity index is 1.31. The molecule has 1 unspecified atom stereocenters. The second-order valence-electron chi connectivity index (χ2n) is 11.1. The number of methoxy groups -OCH3 is 2. The first-order valence-electron chi connectivity index (χ1n) is 15.4. The van der Waals surface area contributed by atoms with E-state index < -0.39 is 0 Å². The van der Waals surface area contributed by atoms with Gasteiger partial charge in [0.05, 0.1) is 49.2 Å². The summed E-state index contributed by atoms with van der Waals surface area (Å²) < 4.78 is 25.7. The monoisotopic (exact) mass is 644 g/mol. The molecule has 5 heterocycles. The van der Waals surface area contributed by atoms with Crippen LogP contribution in [0.2, 0.25) is 0 Å². The van der Waals surface area contributed by atoms with Gasteiger partial charge in [0.1, 0.15) is 52.5 Å². The second-order valence-corrected chi connectivity index (χ2v) is 11.1. The number of nitrogens with one attached hydrogen (secondary N) is 2. The zero-order valence-corrected chi connectivity index (χ0v) is 26.6. The highest BCUT2D eigenvalue weighted by Gasteiger charge is 2.23. The van der Waals surface area contributed by atoms with E-state index in [4.69, 9.17) is 34.3 Å². The fourth-order valence-electron chi connectivity index (χ4n) is 5.66. The van der Waals surface area contributed by atoms with Gasteiger partial charge in [0, 0.05) is 30.8 Å². The molecule has 1 fully saturated rings. The van der Waals surface area contributed by atoms with E-state index in [1.807, 2.05) is 48.0 Å². The molecule has 14 heteroatoms. The number of fused-ring (bicyclic) bond motifs is 2. The van der Waals surface area contributed by atoms with Crippen LogP contribution in [0.15, 0.2) is 61.3 Å². The predicted octanol–water partition coefficient (Wildman–Crippen LogP) is 6.21. The molecule has 0 bridgehead atoms. The molecule has 0 aliphatic carbocycles. The number of aryl methyl sites for hydroxylation is 1. The third-order valence-corrected chi connectivity index (χ3v) is 8.10. The van der Waals surface area contributed by atoms with Crippen LogP contribution in [0.4, 0.5) is 17.5 Å². The summed E-state index contributed by atoms with van der Waals surface area (Å²) in [6.07, 6.45) is 9.02. The van der Waals surface area contributed by atoms with Gasteiger partial charge < -0.3 is 29.6 Å². The van der Waals surface area contributed by atoms with Gasteiger partial charge in [-0.25, -0.2) is 24.6 Å². The molecule has 2 N–H and O–H groups in total. The lowest BCUT2D eigenvalue weighted by molar-refractivity contribution is -0.0366. The third-order valence-electron chi connectivity index (χ3n) is 8.10. The normalized spacial score (nSPS) is 14.4. The number of anilines is 3. The van der Waals surface area contributed by atoms with Gasteiger partial charge in [-0.3, -0.25) is 0 Å². The number of ether oxygens (including phenoxy) is 4. The van der Waals surface area contributed by atoms with Crippen LogP contribution in [0.5, 0.6) is 23.1 Å². The molecule has 2 aromatic carbocycles. The average molecular weight is 645 g/mol. The number of benzene rings is 2. The van der Waals surface area contributed by atoms with Gasteiger partial charge >= 0.3 is 0 Å². The molecule has 1 aliphatic rings. The Morgan fingerprint density at radius 3 is 2.69 bits per heavy atom. The van der Waals surface area contributed by atoms with Crippen LogP contribution in [0, 0.1) is 18.3 Å². The SMILES string of the molecule is COc1ccc(CNc2ncnc3cc(Nc4cnc(C#N)cn4)nc(Oc4c(C)ccc5c4cnn5C4CCCCO4)c23)c(OC)c1. The maximum Gasteiger partial charge on any atom is 0.234 e. The molecule has 7 rings (SSSR count). The topological polar surface area (TPSA) is 167 Å². The number of rotatable bonds is 10. The van der Waals surface area contributed by atoms with Crippen molar-refractivity contribution in [1.29, 1.82) is 5.26 Å². The molecule has 4 aromatic heterocycles. The largest absolute Gasteiger partial charge is 0.497 e. The first kappa shape index (κ1) is 30.6. The molecule has 1 saturated heterocycles. The highest BCUT2D eigenvalue weighted by molar-refractivity contribution is 5.96. The Morgan fingerprint density at radius 1 is 1.00 bits per heavy atom. The fourth-order valence-corrected chi connectivity index (χ4v) is 5.66. The van der Waals surface area contributed by atoms with E-state index in [0.29, 0.717) is 58.8 Å². The van der Waals surface area contributed by atoms with Crippen molar-refractivity contribution >= 4 is 39.3 Å². The van der Waals surface area contributed by atoms with Crippen molar-refractivity contribution in [2.45, 2.75) is 39.0 Å². The molecular formula is C34H32N10O4. The van der Waals surface area contributed by atoms with Gasteiger partial charge in [-0.1, -0.05) is 6.07 Å². The second kappa shape index (κ2) is 13.3. The molecule has 48 heavy (non-hydrogen) atoms. The Hall–Kier alpha value is -6.07. The van der Waals surface area contributed by atoms with Crippen LogP contribution in [0.1, 0.15) is 42.3 Å². The molecule has 6 aromatic rings. The molecular weight excluding hydrogens is 612 g/mol. The standard InChI is InChI=1S/C34H32N10O4/c1-20-7-10-26-24(17-41-44(26)30-6-4-5-11-47-30)32(20)48-34-31-25(13-28(43-34)42-29-18-36-22(14-35)16-37-29)39-19-40-33(31)38-15-21-8-9-23(45-2)12-27(21)46-3/h7-10,12-13,16-19,30H,4-6,11,15H2,1-3H3,(H,37,42,43)(H,38,39,40). The number of hydrogen-bond donors (Lipinski definition) is 2. The number of nitrogens with zero attached hydrogens (tertiary/aromatic N) is 8. The van der Waals surface area contributed by atoms with E-state index in [9.17, 15) is 0 Å². The van der Waals surface area contributed by atoms with E-state index in [2.05, 4.69) is 30.6 Å². The zero-order valence-electron chi connectivity index (χ0n) is 26.6. The summed E-state index contributed by atoms with van der Waals surface area (Å²) in [5.74, 6) is 3.56. The summed E-state index contributed by atoms with van der Waals surface area (Å²) in [5.41, 5.74) is 3.47. The number of pyridine rings is 1. The maximum absolute atomic E-state index is 9.13. The van der Waals surface area contributed by atoms with E-state index >= 15 is 0 Å². The Bertz CT molecular complexity index is 2140. The van der Waals surface area contributed by atoms with Crippen LogP contribution in [-0.2, 0) is 11.3 Å². The number of hydrogen-bond acceptors (Lipinski definition) is 13. The Morgan fingerprint density at radius 2 is 1.92 bits per heavy atom. The van der Waals surface area contributed by atoms with E-state index in [-0.39, 0.29) is 17.8 Å². The summed E-state index contributed by atoms with van der Waals surface area (Å²) in [7, 11) is 3.23. The molecule has 242 valence electrons. The lowest BCUT2D eigenvalue weighted by Crippen LogP contribution is -2.18. The van der Waals surface area contributed by atoms with Crippen molar-refractivity contribution in [3.63, 3.8) is 0 Å². The minimum Gasteiger partial charge on any atom is -0.497 e. The van der Waals surface area contributed by atoms with Crippen molar-refractivity contribution in [2.75, 3.05) is 31.5 Å². The van der Waals surface area contributed by atoms with Gasteiger partial charge in [0.2, 0.25) is 5.88 Å². The summed E-state index contributed by atoms with van der Waals surface area (Å²) >= 11 is 0. The Labute approximate surface area is 275 Å². The molecule has 0 saturated carbocycles. The molecule has 1 atom stereocenters. The summed E-state index contributed by atoms with van der Waals surface area (Å²) in [4.78, 5) is 22.4. The smallest absolute Gasteiger partial charge is 0.234 e. The highest BCUT2D eigenvalue weighted by Crippen LogP contribution is 2.39.